The van der Waals surface area contributed by atoms with Crippen molar-refractivity contribution in [1.82, 2.24) is 10.4 Å². The van der Waals surface area contributed by atoms with Crippen LogP contribution in [0.15, 0.2) is 52.0 Å². The van der Waals surface area contributed by atoms with Gasteiger partial charge in [0, 0.05) is 23.6 Å². The van der Waals surface area contributed by atoms with Crippen molar-refractivity contribution in [1.29, 1.82) is 0 Å². The van der Waals surface area contributed by atoms with E-state index in [1.807, 2.05) is 44.2 Å². The fourth-order valence-corrected chi connectivity index (χ4v) is 3.46. The molecule has 0 unspecified atom stereocenters. The molecule has 2 heterocycles. The van der Waals surface area contributed by atoms with Crippen molar-refractivity contribution in [3.63, 3.8) is 0 Å². The maximum Gasteiger partial charge on any atom is 0.227 e. The number of nitrogens with one attached hydrogen (secondary N) is 1. The Balaban J connectivity index is 1.64. The summed E-state index contributed by atoms with van der Waals surface area (Å²) < 4.78 is 11.7. The largest absolute Gasteiger partial charge is 0.491 e. The minimum absolute atomic E-state index is 0.155. The van der Waals surface area contributed by atoms with Crippen LogP contribution in [-0.4, -0.2) is 23.3 Å². The van der Waals surface area contributed by atoms with Crippen LogP contribution in [0.25, 0.3) is 22.6 Å². The summed E-state index contributed by atoms with van der Waals surface area (Å²) in [5.41, 5.74) is 7.91. The van der Waals surface area contributed by atoms with Crippen LogP contribution in [0, 0.1) is 5.92 Å². The van der Waals surface area contributed by atoms with Gasteiger partial charge < -0.3 is 14.6 Å². The molecule has 1 N–H and O–H groups in total. The minimum atomic E-state index is 0.155. The van der Waals surface area contributed by atoms with Crippen LogP contribution in [-0.2, 0) is 0 Å². The second-order valence-corrected chi connectivity index (χ2v) is 7.19. The van der Waals surface area contributed by atoms with Crippen molar-refractivity contribution >= 4 is 16.8 Å². The van der Waals surface area contributed by atoms with Crippen LogP contribution in [0.3, 0.4) is 0 Å². The van der Waals surface area contributed by atoms with Gasteiger partial charge in [-0.15, -0.1) is 0 Å². The third-order valence-corrected chi connectivity index (χ3v) is 4.84. The number of hydrogen-bond donors (Lipinski definition) is 1. The number of fused-ring (bicyclic) bond motifs is 1. The van der Waals surface area contributed by atoms with Gasteiger partial charge in [0.2, 0.25) is 5.89 Å². The van der Waals surface area contributed by atoms with E-state index in [9.17, 15) is 0 Å². The number of nitrogens with zero attached hydrogens (tertiary/aromatic N) is 2. The molecule has 2 aromatic carbocycles. The second-order valence-electron chi connectivity index (χ2n) is 7.19. The first-order valence-corrected chi connectivity index (χ1v) is 9.62. The number of rotatable bonds is 5. The Morgan fingerprint density at radius 2 is 1.93 bits per heavy atom. The van der Waals surface area contributed by atoms with Crippen LogP contribution in [0.1, 0.15) is 39.2 Å². The first-order valence-electron chi connectivity index (χ1n) is 9.62. The fraction of sp³-hybridized carbons (Fsp3) is 0.364. The molecule has 27 heavy (non-hydrogen) atoms. The van der Waals surface area contributed by atoms with Crippen molar-refractivity contribution < 1.29 is 9.15 Å². The summed E-state index contributed by atoms with van der Waals surface area (Å²) in [4.78, 5) is 4.64. The molecule has 1 aliphatic heterocycles. The van der Waals surface area contributed by atoms with Crippen LogP contribution in [0.4, 0.5) is 0 Å². The Morgan fingerprint density at radius 1 is 1.15 bits per heavy atom. The van der Waals surface area contributed by atoms with Crippen molar-refractivity contribution in [2.45, 2.75) is 39.7 Å². The highest BCUT2D eigenvalue weighted by Crippen LogP contribution is 2.28. The van der Waals surface area contributed by atoms with E-state index in [-0.39, 0.29) is 6.10 Å². The van der Waals surface area contributed by atoms with Gasteiger partial charge in [0.25, 0.3) is 0 Å². The fourth-order valence-electron chi connectivity index (χ4n) is 3.46. The predicted molar refractivity (Wildman–Crippen MR) is 108 cm³/mol. The molecular weight excluding hydrogens is 338 g/mol. The number of aromatic nitrogens is 1. The molecule has 0 spiro atoms. The van der Waals surface area contributed by atoms with E-state index in [4.69, 9.17) is 9.15 Å². The lowest BCUT2D eigenvalue weighted by Gasteiger charge is -2.22. The molecule has 1 aromatic heterocycles. The smallest absolute Gasteiger partial charge is 0.227 e. The summed E-state index contributed by atoms with van der Waals surface area (Å²) in [7, 11) is 0. The Kier molecular flexibility index (Phi) is 4.84. The zero-order chi connectivity index (χ0) is 18.8. The minimum Gasteiger partial charge on any atom is -0.491 e. The highest BCUT2D eigenvalue weighted by Gasteiger charge is 2.20. The molecule has 0 amide bonds. The summed E-state index contributed by atoms with van der Waals surface area (Å²) >= 11 is 0. The van der Waals surface area contributed by atoms with Gasteiger partial charge in [-0.05, 0) is 63.1 Å². The highest BCUT2D eigenvalue weighted by atomic mass is 16.5. The number of hydrazone groups is 1. The Morgan fingerprint density at radius 3 is 2.67 bits per heavy atom. The predicted octanol–water partition coefficient (Wildman–Crippen LogP) is 5.01. The summed E-state index contributed by atoms with van der Waals surface area (Å²) in [5, 5.41) is 4.55. The molecule has 0 saturated heterocycles. The molecule has 4 rings (SSSR count). The summed E-state index contributed by atoms with van der Waals surface area (Å²) in [6.45, 7) is 7.18. The van der Waals surface area contributed by atoms with Crippen LogP contribution in [0.5, 0.6) is 5.75 Å². The zero-order valence-corrected chi connectivity index (χ0v) is 16.0. The maximum absolute atomic E-state index is 6.05. The zero-order valence-electron chi connectivity index (χ0n) is 16.0. The highest BCUT2D eigenvalue weighted by molar-refractivity contribution is 6.04. The normalized spacial score (nSPS) is 17.0. The average Bonchev–Trinajstić information content (AvgIpc) is 3.11. The maximum atomic E-state index is 6.05. The number of oxazole rings is 1. The van der Waals surface area contributed by atoms with Crippen LogP contribution >= 0.6 is 0 Å². The molecular formula is C22H25N3O2. The van der Waals surface area contributed by atoms with E-state index >= 15 is 0 Å². The van der Waals surface area contributed by atoms with Gasteiger partial charge in [-0.3, -0.25) is 0 Å². The van der Waals surface area contributed by atoms with Crippen molar-refractivity contribution in [2.75, 3.05) is 6.54 Å². The lowest BCUT2D eigenvalue weighted by Crippen LogP contribution is -2.28. The van der Waals surface area contributed by atoms with Crippen LogP contribution < -0.4 is 10.2 Å². The molecule has 3 aromatic rings. The lowest BCUT2D eigenvalue weighted by atomic mass is 9.90. The van der Waals surface area contributed by atoms with E-state index < -0.39 is 0 Å². The molecule has 5 heteroatoms. The Hall–Kier alpha value is -2.82. The molecule has 140 valence electrons. The van der Waals surface area contributed by atoms with Gasteiger partial charge in [-0.2, -0.15) is 5.10 Å². The van der Waals surface area contributed by atoms with E-state index in [1.165, 1.54) is 0 Å². The van der Waals surface area contributed by atoms with E-state index in [2.05, 4.69) is 34.6 Å². The Bertz CT molecular complexity index is 957. The van der Waals surface area contributed by atoms with Gasteiger partial charge in [0.05, 0.1) is 11.8 Å². The monoisotopic (exact) mass is 363 g/mol. The molecule has 0 bridgehead atoms. The summed E-state index contributed by atoms with van der Waals surface area (Å²) in [6, 6.07) is 14.0. The van der Waals surface area contributed by atoms with Gasteiger partial charge in [0.15, 0.2) is 5.58 Å². The lowest BCUT2D eigenvalue weighted by molar-refractivity contribution is 0.242. The molecule has 0 saturated carbocycles. The topological polar surface area (TPSA) is 59.7 Å². The average molecular weight is 363 g/mol. The first-order chi connectivity index (χ1) is 13.1. The summed E-state index contributed by atoms with van der Waals surface area (Å²) in [5.74, 6) is 1.95. The van der Waals surface area contributed by atoms with E-state index in [1.54, 1.807) is 0 Å². The SMILES string of the molecule is CC[C@H]1CCNN=C1c1ccc2nc(-c3ccc(OC(C)C)cc3)oc2c1. The molecule has 0 fully saturated rings. The Labute approximate surface area is 159 Å². The number of ether oxygens (including phenoxy) is 1. The second kappa shape index (κ2) is 7.43. The number of hydrogen-bond acceptors (Lipinski definition) is 5. The van der Waals surface area contributed by atoms with Gasteiger partial charge >= 0.3 is 0 Å². The van der Waals surface area contributed by atoms with Gasteiger partial charge in [0.1, 0.15) is 11.3 Å². The molecule has 1 atom stereocenters. The molecule has 0 radical (unpaired) electrons. The first kappa shape index (κ1) is 17.6. The van der Waals surface area contributed by atoms with Gasteiger partial charge in [-0.25, -0.2) is 4.98 Å². The van der Waals surface area contributed by atoms with Crippen molar-refractivity contribution in [3.8, 4) is 17.2 Å². The van der Waals surface area contributed by atoms with Crippen molar-refractivity contribution in [2.24, 2.45) is 11.0 Å². The molecule has 0 aliphatic carbocycles. The van der Waals surface area contributed by atoms with E-state index in [0.717, 1.165) is 53.1 Å². The quantitative estimate of drug-likeness (QED) is 0.692. The van der Waals surface area contributed by atoms with Crippen molar-refractivity contribution in [3.05, 3.63) is 48.0 Å². The van der Waals surface area contributed by atoms with Gasteiger partial charge in [-0.1, -0.05) is 13.0 Å². The summed E-state index contributed by atoms with van der Waals surface area (Å²) in [6.07, 6.45) is 2.35. The molecule has 5 nitrogen and oxygen atoms in total. The van der Waals surface area contributed by atoms with E-state index in [0.29, 0.717) is 11.8 Å². The standard InChI is InChI=1S/C22H25N3O2/c1-4-15-11-12-23-25-21(15)17-7-10-19-20(13-17)27-22(24-19)16-5-8-18(9-6-16)26-14(2)3/h5-10,13-15,23H,4,11-12H2,1-3H3/t15-/m0/s1. The third kappa shape index (κ3) is 3.68. The molecule has 1 aliphatic rings. The number of benzene rings is 2. The van der Waals surface area contributed by atoms with Crippen LogP contribution in [0.2, 0.25) is 0 Å². The third-order valence-electron chi connectivity index (χ3n) is 4.84.